The number of hydrogen-bond acceptors (Lipinski definition) is 2. The van der Waals surface area contributed by atoms with Crippen LogP contribution in [0.2, 0.25) is 0 Å². The fraction of sp³-hybridized carbons (Fsp3) is 0.692. The average molecular weight is 241 g/mol. The number of amides is 1. The van der Waals surface area contributed by atoms with Crippen molar-refractivity contribution in [1.29, 1.82) is 0 Å². The van der Waals surface area contributed by atoms with Crippen molar-refractivity contribution in [2.75, 3.05) is 0 Å². The summed E-state index contributed by atoms with van der Waals surface area (Å²) in [5.41, 5.74) is -1.24. The zero-order chi connectivity index (χ0) is 13.9. The van der Waals surface area contributed by atoms with Crippen molar-refractivity contribution in [3.8, 4) is 0 Å². The van der Waals surface area contributed by atoms with Gasteiger partial charge in [-0.15, -0.1) is 0 Å². The number of carboxylic acids is 1. The molecule has 0 aromatic heterocycles. The van der Waals surface area contributed by atoms with Crippen LogP contribution in [0, 0.1) is 5.41 Å². The number of carbonyl (C=O) groups excluding carboxylic acids is 1. The molecule has 0 aromatic carbocycles. The Labute approximate surface area is 103 Å². The molecular weight excluding hydrogens is 218 g/mol. The molecule has 98 valence electrons. The van der Waals surface area contributed by atoms with E-state index >= 15 is 0 Å². The summed E-state index contributed by atoms with van der Waals surface area (Å²) in [5.74, 6) is -1.15. The fourth-order valence-corrected chi connectivity index (χ4v) is 1.20. The van der Waals surface area contributed by atoms with Crippen LogP contribution in [0.15, 0.2) is 11.6 Å². The summed E-state index contributed by atoms with van der Waals surface area (Å²) < 4.78 is 0. The van der Waals surface area contributed by atoms with Crippen LogP contribution in [0.4, 0.5) is 0 Å². The molecule has 0 saturated heterocycles. The van der Waals surface area contributed by atoms with Gasteiger partial charge in [-0.25, -0.2) is 0 Å². The van der Waals surface area contributed by atoms with E-state index < -0.39 is 16.9 Å². The second kappa shape index (κ2) is 5.34. The first kappa shape index (κ1) is 15.7. The summed E-state index contributed by atoms with van der Waals surface area (Å²) in [6.07, 6.45) is 2.60. The minimum Gasteiger partial charge on any atom is -0.481 e. The monoisotopic (exact) mass is 241 g/mol. The van der Waals surface area contributed by atoms with Crippen molar-refractivity contribution in [2.24, 2.45) is 5.41 Å². The Morgan fingerprint density at radius 3 is 2.06 bits per heavy atom. The molecule has 0 rings (SSSR count). The molecule has 2 N–H and O–H groups in total. The summed E-state index contributed by atoms with van der Waals surface area (Å²) in [7, 11) is 0. The quantitative estimate of drug-likeness (QED) is 0.726. The molecule has 1 amide bonds. The summed E-state index contributed by atoms with van der Waals surface area (Å²) in [6, 6.07) is 0. The van der Waals surface area contributed by atoms with Gasteiger partial charge in [0.15, 0.2) is 0 Å². The van der Waals surface area contributed by atoms with E-state index in [1.807, 2.05) is 13.0 Å². The molecule has 0 aromatic rings. The Hall–Kier alpha value is -1.32. The van der Waals surface area contributed by atoms with Crippen LogP contribution >= 0.6 is 0 Å². The first-order valence-corrected chi connectivity index (χ1v) is 5.79. The molecule has 4 nitrogen and oxygen atoms in total. The van der Waals surface area contributed by atoms with Gasteiger partial charge in [-0.2, -0.15) is 0 Å². The lowest BCUT2D eigenvalue weighted by atomic mass is 9.74. The highest BCUT2D eigenvalue weighted by Gasteiger charge is 2.44. The summed E-state index contributed by atoms with van der Waals surface area (Å²) in [4.78, 5) is 23.0. The van der Waals surface area contributed by atoms with Gasteiger partial charge in [-0.1, -0.05) is 13.0 Å². The van der Waals surface area contributed by atoms with E-state index in [0.29, 0.717) is 5.57 Å². The molecule has 0 atom stereocenters. The molecule has 17 heavy (non-hydrogen) atoms. The zero-order valence-electron chi connectivity index (χ0n) is 11.5. The number of carboxylic acid groups (broad SMARTS) is 1. The highest BCUT2D eigenvalue weighted by atomic mass is 16.4. The van der Waals surface area contributed by atoms with Crippen LogP contribution in [0.3, 0.4) is 0 Å². The van der Waals surface area contributed by atoms with Crippen LogP contribution in [-0.2, 0) is 9.59 Å². The first-order chi connectivity index (χ1) is 7.56. The molecule has 0 aliphatic rings. The normalized spacial score (nSPS) is 13.4. The van der Waals surface area contributed by atoms with Gasteiger partial charge in [0, 0.05) is 5.57 Å². The van der Waals surface area contributed by atoms with Gasteiger partial charge in [-0.05, 0) is 41.0 Å². The molecule has 0 aliphatic carbocycles. The second-order valence-corrected chi connectivity index (χ2v) is 5.30. The minimum absolute atomic E-state index is 0.217. The summed E-state index contributed by atoms with van der Waals surface area (Å²) >= 11 is 0. The Balaban J connectivity index is 4.95. The van der Waals surface area contributed by atoms with E-state index in [9.17, 15) is 9.59 Å². The van der Waals surface area contributed by atoms with Crippen molar-refractivity contribution in [3.63, 3.8) is 0 Å². The van der Waals surface area contributed by atoms with Gasteiger partial charge in [-0.3, -0.25) is 9.59 Å². The number of allylic oxidation sites excluding steroid dienone is 1. The van der Waals surface area contributed by atoms with E-state index in [4.69, 9.17) is 5.11 Å². The van der Waals surface area contributed by atoms with Crippen molar-refractivity contribution in [2.45, 2.75) is 53.5 Å². The molecule has 0 unspecified atom stereocenters. The Morgan fingerprint density at radius 2 is 1.71 bits per heavy atom. The molecule has 0 saturated carbocycles. The molecule has 0 aliphatic heterocycles. The fourth-order valence-electron chi connectivity index (χ4n) is 1.20. The van der Waals surface area contributed by atoms with Crippen molar-refractivity contribution >= 4 is 11.9 Å². The van der Waals surface area contributed by atoms with Crippen LogP contribution < -0.4 is 5.32 Å². The minimum atomic E-state index is -1.03. The van der Waals surface area contributed by atoms with Gasteiger partial charge < -0.3 is 10.4 Å². The van der Waals surface area contributed by atoms with Crippen LogP contribution in [0.25, 0.3) is 0 Å². The molecule has 0 spiro atoms. The number of hydrogen-bond donors (Lipinski definition) is 2. The third-order valence-electron chi connectivity index (χ3n) is 3.39. The predicted molar refractivity (Wildman–Crippen MR) is 67.7 cm³/mol. The second-order valence-electron chi connectivity index (χ2n) is 5.30. The predicted octanol–water partition coefficient (Wildman–Crippen LogP) is 2.35. The summed E-state index contributed by atoms with van der Waals surface area (Å²) in [6.45, 7) is 10.3. The maximum atomic E-state index is 11.8. The van der Waals surface area contributed by atoms with Gasteiger partial charge in [0.2, 0.25) is 5.91 Å². The van der Waals surface area contributed by atoms with Gasteiger partial charge >= 0.3 is 5.97 Å². The lowest BCUT2D eigenvalue weighted by Crippen LogP contribution is -2.57. The highest BCUT2D eigenvalue weighted by molar-refractivity contribution is 5.93. The van der Waals surface area contributed by atoms with E-state index in [0.717, 1.165) is 6.42 Å². The van der Waals surface area contributed by atoms with E-state index in [1.165, 1.54) is 0 Å². The molecule has 4 heteroatoms. The first-order valence-electron chi connectivity index (χ1n) is 5.79. The standard InChI is InChI=1S/C13H23NO3/c1-7-8-9(2)10(15)14-13(5,6)12(3,4)11(16)17/h8H,7H2,1-6H3,(H,14,15)(H,16,17). The Kier molecular flexibility index (Phi) is 4.93. The molecule has 0 radical (unpaired) electrons. The topological polar surface area (TPSA) is 66.4 Å². The molecule has 0 bridgehead atoms. The van der Waals surface area contributed by atoms with Crippen molar-refractivity contribution < 1.29 is 14.7 Å². The van der Waals surface area contributed by atoms with Gasteiger partial charge in [0.1, 0.15) is 0 Å². The third-order valence-corrected chi connectivity index (χ3v) is 3.39. The number of carbonyl (C=O) groups is 2. The molecular formula is C13H23NO3. The van der Waals surface area contributed by atoms with E-state index in [1.54, 1.807) is 34.6 Å². The lowest BCUT2D eigenvalue weighted by Gasteiger charge is -2.38. The SMILES string of the molecule is CCC=C(C)C(=O)NC(C)(C)C(C)(C)C(=O)O. The third kappa shape index (κ3) is 3.58. The smallest absolute Gasteiger partial charge is 0.311 e. The maximum absolute atomic E-state index is 11.8. The Morgan fingerprint density at radius 1 is 1.24 bits per heavy atom. The number of rotatable bonds is 5. The van der Waals surface area contributed by atoms with Gasteiger partial charge in [0.05, 0.1) is 11.0 Å². The van der Waals surface area contributed by atoms with Crippen LogP contribution in [0.5, 0.6) is 0 Å². The van der Waals surface area contributed by atoms with Crippen molar-refractivity contribution in [1.82, 2.24) is 5.32 Å². The molecule has 0 heterocycles. The number of nitrogens with one attached hydrogen (secondary N) is 1. The van der Waals surface area contributed by atoms with Crippen molar-refractivity contribution in [3.05, 3.63) is 11.6 Å². The van der Waals surface area contributed by atoms with Crippen LogP contribution in [-0.4, -0.2) is 22.5 Å². The van der Waals surface area contributed by atoms with Crippen LogP contribution in [0.1, 0.15) is 48.0 Å². The zero-order valence-corrected chi connectivity index (χ0v) is 11.5. The Bertz CT molecular complexity index is 341. The lowest BCUT2D eigenvalue weighted by molar-refractivity contribution is -0.151. The highest BCUT2D eigenvalue weighted by Crippen LogP contribution is 2.30. The van der Waals surface area contributed by atoms with Gasteiger partial charge in [0.25, 0.3) is 0 Å². The van der Waals surface area contributed by atoms with E-state index in [2.05, 4.69) is 5.32 Å². The molecule has 0 fully saturated rings. The largest absolute Gasteiger partial charge is 0.481 e. The average Bonchev–Trinajstić information content (AvgIpc) is 2.16. The maximum Gasteiger partial charge on any atom is 0.311 e. The number of aliphatic carboxylic acids is 1. The summed E-state index contributed by atoms with van der Waals surface area (Å²) in [5, 5.41) is 11.9. The van der Waals surface area contributed by atoms with E-state index in [-0.39, 0.29) is 5.91 Å².